The molecule has 1 N–H and O–H groups in total. The van der Waals surface area contributed by atoms with Crippen LogP contribution in [0.2, 0.25) is 0 Å². The molecule has 0 amide bonds. The van der Waals surface area contributed by atoms with E-state index in [9.17, 15) is 0 Å². The van der Waals surface area contributed by atoms with Crippen molar-refractivity contribution < 1.29 is 8.94 Å². The predicted molar refractivity (Wildman–Crippen MR) is 70.7 cm³/mol. The molecule has 1 aliphatic heterocycles. The zero-order chi connectivity index (χ0) is 13.1. The quantitative estimate of drug-likeness (QED) is 0.916. The van der Waals surface area contributed by atoms with Crippen LogP contribution in [-0.2, 0) is 5.41 Å². The molecule has 2 aromatic rings. The van der Waals surface area contributed by atoms with E-state index < -0.39 is 0 Å². The van der Waals surface area contributed by atoms with Crippen LogP contribution in [0, 0.1) is 0 Å². The Morgan fingerprint density at radius 2 is 2.21 bits per heavy atom. The highest BCUT2D eigenvalue weighted by molar-refractivity contribution is 5.45. The molecule has 0 saturated carbocycles. The summed E-state index contributed by atoms with van der Waals surface area (Å²) in [5, 5.41) is 7.45. The van der Waals surface area contributed by atoms with E-state index >= 15 is 0 Å². The minimum atomic E-state index is 0.0395. The van der Waals surface area contributed by atoms with Gasteiger partial charge in [0.2, 0.25) is 11.7 Å². The highest BCUT2D eigenvalue weighted by atomic mass is 16.5. The molecule has 0 aliphatic carbocycles. The average molecular weight is 261 g/mol. The molecule has 3 rings (SSSR count). The lowest BCUT2D eigenvalue weighted by atomic mass is 9.75. The van der Waals surface area contributed by atoms with E-state index in [4.69, 9.17) is 8.94 Å². The van der Waals surface area contributed by atoms with Gasteiger partial charge in [0, 0.05) is 0 Å². The molecule has 0 bridgehead atoms. The number of rotatable bonds is 4. The average Bonchev–Trinajstić information content (AvgIpc) is 3.11. The summed E-state index contributed by atoms with van der Waals surface area (Å²) >= 11 is 0. The Balaban J connectivity index is 1.90. The van der Waals surface area contributed by atoms with Crippen LogP contribution in [0.3, 0.4) is 0 Å². The van der Waals surface area contributed by atoms with Gasteiger partial charge in [0.1, 0.15) is 0 Å². The number of nitrogens with one attached hydrogen (secondary N) is 1. The number of nitrogens with zero attached hydrogens (tertiary/aromatic N) is 2. The molecule has 0 atom stereocenters. The van der Waals surface area contributed by atoms with Crippen molar-refractivity contribution >= 4 is 0 Å². The van der Waals surface area contributed by atoms with E-state index in [0.717, 1.165) is 44.7 Å². The Bertz CT molecular complexity index is 507. The second-order valence-corrected chi connectivity index (χ2v) is 5.18. The van der Waals surface area contributed by atoms with Crippen molar-refractivity contribution in [2.75, 3.05) is 13.1 Å². The van der Waals surface area contributed by atoms with Gasteiger partial charge in [0.25, 0.3) is 0 Å². The summed E-state index contributed by atoms with van der Waals surface area (Å²) in [6.45, 7) is 4.23. The van der Waals surface area contributed by atoms with E-state index in [0.29, 0.717) is 11.6 Å². The maximum absolute atomic E-state index is 5.53. The molecule has 0 aromatic carbocycles. The van der Waals surface area contributed by atoms with Crippen LogP contribution in [-0.4, -0.2) is 23.2 Å². The van der Waals surface area contributed by atoms with Gasteiger partial charge in [-0.05, 0) is 44.5 Å². The third-order valence-electron chi connectivity index (χ3n) is 3.91. The first kappa shape index (κ1) is 12.4. The third kappa shape index (κ3) is 2.30. The molecule has 102 valence electrons. The maximum Gasteiger partial charge on any atom is 0.238 e. The Hall–Kier alpha value is -1.62. The first-order chi connectivity index (χ1) is 9.34. The smallest absolute Gasteiger partial charge is 0.238 e. The molecule has 1 aliphatic rings. The monoisotopic (exact) mass is 261 g/mol. The van der Waals surface area contributed by atoms with Crippen molar-refractivity contribution in [1.82, 2.24) is 15.5 Å². The molecule has 0 radical (unpaired) electrons. The van der Waals surface area contributed by atoms with Crippen molar-refractivity contribution in [3.05, 3.63) is 24.3 Å². The van der Waals surface area contributed by atoms with Crippen LogP contribution in [0.25, 0.3) is 11.6 Å². The van der Waals surface area contributed by atoms with Crippen molar-refractivity contribution in [3.63, 3.8) is 0 Å². The highest BCUT2D eigenvalue weighted by Crippen LogP contribution is 2.37. The van der Waals surface area contributed by atoms with E-state index in [2.05, 4.69) is 22.4 Å². The molecule has 1 saturated heterocycles. The van der Waals surface area contributed by atoms with Gasteiger partial charge < -0.3 is 14.3 Å². The lowest BCUT2D eigenvalue weighted by Gasteiger charge is -2.34. The molecular formula is C14H19N3O2. The normalized spacial score (nSPS) is 18.6. The number of hydrogen-bond donors (Lipinski definition) is 1. The Morgan fingerprint density at radius 1 is 1.37 bits per heavy atom. The van der Waals surface area contributed by atoms with Gasteiger partial charge in [0.15, 0.2) is 5.76 Å². The molecule has 5 heteroatoms. The Labute approximate surface area is 112 Å². The van der Waals surface area contributed by atoms with Gasteiger partial charge in [-0.3, -0.25) is 0 Å². The molecule has 5 nitrogen and oxygen atoms in total. The van der Waals surface area contributed by atoms with Crippen molar-refractivity contribution in [2.24, 2.45) is 0 Å². The molecule has 3 heterocycles. The first-order valence-corrected chi connectivity index (χ1v) is 6.93. The van der Waals surface area contributed by atoms with Crippen molar-refractivity contribution in [1.29, 1.82) is 0 Å². The highest BCUT2D eigenvalue weighted by Gasteiger charge is 2.38. The molecule has 19 heavy (non-hydrogen) atoms. The van der Waals surface area contributed by atoms with E-state index in [-0.39, 0.29) is 5.41 Å². The minimum Gasteiger partial charge on any atom is -0.461 e. The third-order valence-corrected chi connectivity index (χ3v) is 3.91. The van der Waals surface area contributed by atoms with Gasteiger partial charge in [-0.15, -0.1) is 0 Å². The molecule has 1 fully saturated rings. The first-order valence-electron chi connectivity index (χ1n) is 6.93. The number of hydrogen-bond acceptors (Lipinski definition) is 5. The summed E-state index contributed by atoms with van der Waals surface area (Å²) in [7, 11) is 0. The van der Waals surface area contributed by atoms with Gasteiger partial charge in [0.05, 0.1) is 11.7 Å². The van der Waals surface area contributed by atoms with Crippen LogP contribution >= 0.6 is 0 Å². The summed E-state index contributed by atoms with van der Waals surface area (Å²) in [5.41, 5.74) is 0.0395. The number of furan rings is 1. The molecular weight excluding hydrogens is 242 g/mol. The zero-order valence-electron chi connectivity index (χ0n) is 11.2. The fourth-order valence-corrected chi connectivity index (χ4v) is 2.90. The Kier molecular flexibility index (Phi) is 3.38. The standard InChI is InChI=1S/C14H19N3O2/c1-2-5-14(6-8-15-9-7-14)13-16-12(17-19-13)11-4-3-10-18-11/h3-4,10,15H,2,5-9H2,1H3. The van der Waals surface area contributed by atoms with Crippen LogP contribution in [0.4, 0.5) is 0 Å². The Morgan fingerprint density at radius 3 is 2.89 bits per heavy atom. The maximum atomic E-state index is 5.53. The topological polar surface area (TPSA) is 64.1 Å². The molecule has 0 unspecified atom stereocenters. The van der Waals surface area contributed by atoms with Crippen molar-refractivity contribution in [3.8, 4) is 11.6 Å². The van der Waals surface area contributed by atoms with Gasteiger partial charge >= 0.3 is 0 Å². The fourth-order valence-electron chi connectivity index (χ4n) is 2.90. The van der Waals surface area contributed by atoms with Gasteiger partial charge in [-0.1, -0.05) is 18.5 Å². The van der Waals surface area contributed by atoms with E-state index in [1.807, 2.05) is 12.1 Å². The molecule has 0 spiro atoms. The SMILES string of the molecule is CCCC1(c2nc(-c3ccco3)no2)CCNCC1. The summed E-state index contributed by atoms with van der Waals surface area (Å²) in [6, 6.07) is 3.68. The van der Waals surface area contributed by atoms with Crippen LogP contribution in [0.5, 0.6) is 0 Å². The lowest BCUT2D eigenvalue weighted by molar-refractivity contribution is 0.208. The van der Waals surface area contributed by atoms with Crippen molar-refractivity contribution in [2.45, 2.75) is 38.0 Å². The molecule has 2 aromatic heterocycles. The van der Waals surface area contributed by atoms with Crippen LogP contribution in [0.1, 0.15) is 38.5 Å². The number of aromatic nitrogens is 2. The zero-order valence-corrected chi connectivity index (χ0v) is 11.2. The summed E-state index contributed by atoms with van der Waals surface area (Å²) in [4.78, 5) is 4.57. The van der Waals surface area contributed by atoms with Crippen LogP contribution < -0.4 is 5.32 Å². The summed E-state index contributed by atoms with van der Waals surface area (Å²) in [6.07, 6.45) is 5.95. The fraction of sp³-hybridized carbons (Fsp3) is 0.571. The second-order valence-electron chi connectivity index (χ2n) is 5.18. The van der Waals surface area contributed by atoms with E-state index in [1.165, 1.54) is 0 Å². The minimum absolute atomic E-state index is 0.0395. The number of piperidine rings is 1. The largest absolute Gasteiger partial charge is 0.461 e. The second kappa shape index (κ2) is 5.17. The van der Waals surface area contributed by atoms with Crippen LogP contribution in [0.15, 0.2) is 27.3 Å². The summed E-state index contributed by atoms with van der Waals surface area (Å²) in [5.74, 6) is 1.98. The lowest BCUT2D eigenvalue weighted by Crippen LogP contribution is -2.40. The van der Waals surface area contributed by atoms with Gasteiger partial charge in [-0.2, -0.15) is 4.98 Å². The predicted octanol–water partition coefficient (Wildman–Crippen LogP) is 2.75. The van der Waals surface area contributed by atoms with Gasteiger partial charge in [-0.25, -0.2) is 0 Å². The summed E-state index contributed by atoms with van der Waals surface area (Å²) < 4.78 is 10.9. The van der Waals surface area contributed by atoms with E-state index in [1.54, 1.807) is 6.26 Å².